The van der Waals surface area contributed by atoms with Gasteiger partial charge in [-0.25, -0.2) is 4.39 Å². The summed E-state index contributed by atoms with van der Waals surface area (Å²) in [6.45, 7) is 4.02. The highest BCUT2D eigenvalue weighted by Crippen LogP contribution is 2.28. The molecule has 17 heavy (non-hydrogen) atoms. The molecule has 1 rings (SSSR count). The van der Waals surface area contributed by atoms with Gasteiger partial charge in [-0.3, -0.25) is 0 Å². The fraction of sp³-hybridized carbons (Fsp3) is 0.538. The van der Waals surface area contributed by atoms with Gasteiger partial charge in [0.15, 0.2) is 11.6 Å². The number of methoxy groups -OCH3 is 2. The Kier molecular flexibility index (Phi) is 4.48. The smallest absolute Gasteiger partial charge is 0.170 e. The number of hydrogen-bond donors (Lipinski definition) is 1. The first-order valence-corrected chi connectivity index (χ1v) is 5.51. The maximum atomic E-state index is 14.0. The van der Waals surface area contributed by atoms with Crippen molar-refractivity contribution in [2.75, 3.05) is 14.2 Å². The minimum absolute atomic E-state index is 0.231. The van der Waals surface area contributed by atoms with Crippen LogP contribution in [-0.4, -0.2) is 19.8 Å². The maximum Gasteiger partial charge on any atom is 0.170 e. The fourth-order valence-corrected chi connectivity index (χ4v) is 1.75. The minimum atomic E-state index is -0.400. The lowest BCUT2D eigenvalue weighted by molar-refractivity contribution is 0.180. The molecule has 0 aliphatic rings. The van der Waals surface area contributed by atoms with Crippen molar-refractivity contribution in [2.24, 2.45) is 5.73 Å². The van der Waals surface area contributed by atoms with Crippen LogP contribution in [0.2, 0.25) is 0 Å². The van der Waals surface area contributed by atoms with Gasteiger partial charge in [0.05, 0.1) is 13.7 Å². The highest BCUT2D eigenvalue weighted by molar-refractivity contribution is 5.40. The molecule has 2 N–H and O–H groups in total. The van der Waals surface area contributed by atoms with E-state index in [9.17, 15) is 4.39 Å². The third-order valence-electron chi connectivity index (χ3n) is 2.41. The molecular formula is C13H20FNO2. The van der Waals surface area contributed by atoms with Crippen LogP contribution in [0.3, 0.4) is 0 Å². The van der Waals surface area contributed by atoms with Crippen LogP contribution in [0.15, 0.2) is 12.1 Å². The average molecular weight is 241 g/mol. The van der Waals surface area contributed by atoms with E-state index in [0.29, 0.717) is 12.0 Å². The Morgan fingerprint density at radius 2 is 1.82 bits per heavy atom. The summed E-state index contributed by atoms with van der Waals surface area (Å²) in [5.41, 5.74) is 6.80. The fourth-order valence-electron chi connectivity index (χ4n) is 1.75. The molecule has 0 aliphatic heterocycles. The monoisotopic (exact) mass is 241 g/mol. The van der Waals surface area contributed by atoms with Gasteiger partial charge < -0.3 is 15.2 Å². The van der Waals surface area contributed by atoms with Crippen molar-refractivity contribution in [3.63, 3.8) is 0 Å². The molecule has 4 heteroatoms. The number of benzene rings is 1. The lowest BCUT2D eigenvalue weighted by atomic mass is 9.94. The number of halogens is 1. The molecule has 96 valence electrons. The summed E-state index contributed by atoms with van der Waals surface area (Å²) in [5.74, 6) is -0.103. The van der Waals surface area contributed by atoms with Crippen molar-refractivity contribution in [3.05, 3.63) is 29.1 Å². The van der Waals surface area contributed by atoms with E-state index in [4.69, 9.17) is 15.2 Å². The molecule has 0 saturated carbocycles. The Labute approximate surface area is 102 Å². The maximum absolute atomic E-state index is 14.0. The second kappa shape index (κ2) is 5.47. The van der Waals surface area contributed by atoms with E-state index in [-0.39, 0.29) is 18.2 Å². The molecular weight excluding hydrogens is 221 g/mol. The Balaban J connectivity index is 3.12. The van der Waals surface area contributed by atoms with Crippen molar-refractivity contribution >= 4 is 0 Å². The first-order valence-electron chi connectivity index (χ1n) is 5.51. The zero-order chi connectivity index (χ0) is 13.1. The topological polar surface area (TPSA) is 44.5 Å². The largest absolute Gasteiger partial charge is 0.493 e. The molecule has 0 amide bonds. The normalized spacial score (nSPS) is 11.6. The Bertz CT molecular complexity index is 386. The second-order valence-corrected chi connectivity index (χ2v) is 4.83. The molecule has 3 nitrogen and oxygen atoms in total. The third kappa shape index (κ3) is 3.68. The molecule has 0 saturated heterocycles. The lowest BCUT2D eigenvalue weighted by Crippen LogP contribution is -2.34. The number of nitrogens with two attached hydrogens (primary N) is 1. The summed E-state index contributed by atoms with van der Waals surface area (Å²) < 4.78 is 24.1. The summed E-state index contributed by atoms with van der Waals surface area (Å²) in [6, 6.07) is 3.55. The van der Waals surface area contributed by atoms with Gasteiger partial charge in [0.25, 0.3) is 0 Å². The van der Waals surface area contributed by atoms with Crippen LogP contribution < -0.4 is 10.5 Å². The van der Waals surface area contributed by atoms with Crippen molar-refractivity contribution in [1.29, 1.82) is 0 Å². The van der Waals surface area contributed by atoms with Crippen LogP contribution in [0.5, 0.6) is 5.75 Å². The summed E-state index contributed by atoms with van der Waals surface area (Å²) >= 11 is 0. The van der Waals surface area contributed by atoms with Crippen molar-refractivity contribution in [2.45, 2.75) is 32.4 Å². The van der Waals surface area contributed by atoms with Gasteiger partial charge in [0.1, 0.15) is 0 Å². The van der Waals surface area contributed by atoms with Crippen molar-refractivity contribution < 1.29 is 13.9 Å². The van der Waals surface area contributed by atoms with E-state index >= 15 is 0 Å². The highest BCUT2D eigenvalue weighted by atomic mass is 19.1. The van der Waals surface area contributed by atoms with Crippen LogP contribution >= 0.6 is 0 Å². The van der Waals surface area contributed by atoms with Gasteiger partial charge >= 0.3 is 0 Å². The van der Waals surface area contributed by atoms with E-state index in [1.807, 2.05) is 19.9 Å². The Morgan fingerprint density at radius 1 is 1.24 bits per heavy atom. The van der Waals surface area contributed by atoms with Crippen LogP contribution in [0.4, 0.5) is 4.39 Å². The van der Waals surface area contributed by atoms with Gasteiger partial charge in [0.2, 0.25) is 0 Å². The molecule has 0 spiro atoms. The van der Waals surface area contributed by atoms with E-state index in [2.05, 4.69) is 0 Å². The second-order valence-electron chi connectivity index (χ2n) is 4.83. The predicted octanol–water partition coefficient (Wildman–Crippen LogP) is 2.26. The zero-order valence-electron chi connectivity index (χ0n) is 10.8. The van der Waals surface area contributed by atoms with Gasteiger partial charge in [-0.15, -0.1) is 0 Å². The minimum Gasteiger partial charge on any atom is -0.493 e. The number of hydrogen-bond acceptors (Lipinski definition) is 3. The molecule has 1 aromatic rings. The summed E-state index contributed by atoms with van der Waals surface area (Å²) in [7, 11) is 2.99. The molecule has 0 aromatic heterocycles. The predicted molar refractivity (Wildman–Crippen MR) is 65.6 cm³/mol. The molecule has 0 fully saturated rings. The van der Waals surface area contributed by atoms with Gasteiger partial charge in [-0.2, -0.15) is 0 Å². The standard InChI is InChI=1S/C13H20FNO2/c1-13(2,15)7-9-5-6-10(8-16-3)11(14)12(9)17-4/h5-6H,7-8,15H2,1-4H3. The van der Waals surface area contributed by atoms with E-state index in [1.165, 1.54) is 14.2 Å². The first-order chi connectivity index (χ1) is 7.89. The summed E-state index contributed by atoms with van der Waals surface area (Å²) in [5, 5.41) is 0. The van der Waals surface area contributed by atoms with Gasteiger partial charge in [-0.1, -0.05) is 12.1 Å². The Morgan fingerprint density at radius 3 is 2.29 bits per heavy atom. The quantitative estimate of drug-likeness (QED) is 0.860. The third-order valence-corrected chi connectivity index (χ3v) is 2.41. The number of ether oxygens (including phenoxy) is 2. The molecule has 0 bridgehead atoms. The average Bonchev–Trinajstić information content (AvgIpc) is 2.21. The van der Waals surface area contributed by atoms with Crippen molar-refractivity contribution in [1.82, 2.24) is 0 Å². The Hall–Kier alpha value is -1.13. The molecule has 0 heterocycles. The molecule has 0 aliphatic carbocycles. The van der Waals surface area contributed by atoms with Crippen LogP contribution in [0.1, 0.15) is 25.0 Å². The van der Waals surface area contributed by atoms with Crippen molar-refractivity contribution in [3.8, 4) is 5.75 Å². The van der Waals surface area contributed by atoms with Crippen LogP contribution in [0, 0.1) is 5.82 Å². The van der Waals surface area contributed by atoms with E-state index < -0.39 is 5.54 Å². The van der Waals surface area contributed by atoms with E-state index in [1.54, 1.807) is 6.07 Å². The van der Waals surface area contributed by atoms with E-state index in [0.717, 1.165) is 5.56 Å². The van der Waals surface area contributed by atoms with Gasteiger partial charge in [-0.05, 0) is 25.8 Å². The number of rotatable bonds is 5. The van der Waals surface area contributed by atoms with Gasteiger partial charge in [0, 0.05) is 18.2 Å². The highest BCUT2D eigenvalue weighted by Gasteiger charge is 2.19. The SMILES string of the molecule is COCc1ccc(CC(C)(C)N)c(OC)c1F. The van der Waals surface area contributed by atoms with Crippen LogP contribution in [-0.2, 0) is 17.8 Å². The summed E-state index contributed by atoms with van der Waals surface area (Å²) in [6.07, 6.45) is 0.556. The molecule has 0 unspecified atom stereocenters. The molecule has 0 radical (unpaired) electrons. The summed E-state index contributed by atoms with van der Waals surface area (Å²) in [4.78, 5) is 0. The van der Waals surface area contributed by atoms with Crippen LogP contribution in [0.25, 0.3) is 0 Å². The zero-order valence-corrected chi connectivity index (χ0v) is 10.8. The lowest BCUT2D eigenvalue weighted by Gasteiger charge is -2.21. The first kappa shape index (κ1) is 13.9. The molecule has 0 atom stereocenters. The molecule has 1 aromatic carbocycles.